The molecule has 0 saturated carbocycles. The van der Waals surface area contributed by atoms with E-state index in [4.69, 9.17) is 14.6 Å². The number of aromatic carboxylic acids is 1. The molecule has 0 atom stereocenters. The number of allylic oxidation sites excluding steroid dienone is 1. The van der Waals surface area contributed by atoms with Crippen LogP contribution >= 0.6 is 0 Å². The molecule has 1 aromatic heterocycles. The Hall–Kier alpha value is -1.24. The van der Waals surface area contributed by atoms with E-state index in [1.54, 1.807) is 37.4 Å². The maximum atomic E-state index is 10.2. The van der Waals surface area contributed by atoms with Gasteiger partial charge in [-0.15, -0.1) is 6.42 Å². The molecule has 0 radical (unpaired) electrons. The Balaban J connectivity index is 0.000000474. The van der Waals surface area contributed by atoms with E-state index in [1.165, 1.54) is 27.7 Å². The van der Waals surface area contributed by atoms with Crippen LogP contribution in [0.15, 0.2) is 60.4 Å². The van der Waals surface area contributed by atoms with E-state index < -0.39 is 5.97 Å². The third kappa shape index (κ3) is 9.29. The van der Waals surface area contributed by atoms with Crippen molar-refractivity contribution in [1.82, 2.24) is 15.6 Å². The number of aromatic nitrogens is 1. The number of carboxylic acids is 1. The third-order valence-electron chi connectivity index (χ3n) is 5.44. The Morgan fingerprint density at radius 3 is 2.54 bits per heavy atom. The van der Waals surface area contributed by atoms with Gasteiger partial charge in [-0.2, -0.15) is 0 Å². The van der Waals surface area contributed by atoms with Crippen LogP contribution in [-0.2, 0) is 11.3 Å². The molecule has 2 aromatic carbocycles. The molecule has 35 heavy (non-hydrogen) atoms. The zero-order valence-corrected chi connectivity index (χ0v) is 27.5. The van der Waals surface area contributed by atoms with Crippen LogP contribution in [0.2, 0.25) is 0 Å². The summed E-state index contributed by atoms with van der Waals surface area (Å²) in [6.07, 6.45) is 4.90. The van der Waals surface area contributed by atoms with Crippen LogP contribution in [0.25, 0.3) is 10.9 Å². The molecule has 4 N–H and O–H groups in total. The molecule has 7 nitrogen and oxygen atoms in total. The summed E-state index contributed by atoms with van der Waals surface area (Å²) in [6.45, 7) is 9.20. The predicted octanol–water partition coefficient (Wildman–Crippen LogP) is 1.51. The molecule has 1 fully saturated rings. The van der Waals surface area contributed by atoms with Gasteiger partial charge in [-0.25, -0.2) is 4.79 Å². The van der Waals surface area contributed by atoms with Crippen LogP contribution in [-0.4, -0.2) is 49.0 Å². The fourth-order valence-corrected chi connectivity index (χ4v) is 3.59. The van der Waals surface area contributed by atoms with Gasteiger partial charge >= 0.3 is 74.9 Å². The first-order valence-electron chi connectivity index (χ1n) is 11.0. The second-order valence-corrected chi connectivity index (χ2v) is 7.80. The van der Waals surface area contributed by atoms with E-state index in [1.807, 2.05) is 6.20 Å². The minimum absolute atomic E-state index is 0. The van der Waals surface area contributed by atoms with Crippen molar-refractivity contribution in [1.29, 1.82) is 0 Å². The maximum absolute atomic E-state index is 10.2. The second-order valence-electron chi connectivity index (χ2n) is 7.80. The molecule has 0 aliphatic carbocycles. The number of carboxylic acid groups (broad SMARTS) is 1. The summed E-state index contributed by atoms with van der Waals surface area (Å²) in [5, 5.41) is 16.5. The number of methoxy groups -OCH3 is 1. The van der Waals surface area contributed by atoms with Gasteiger partial charge in [0.1, 0.15) is 5.75 Å². The van der Waals surface area contributed by atoms with Gasteiger partial charge in [0, 0.05) is 35.8 Å². The molecule has 1 saturated heterocycles. The summed E-state index contributed by atoms with van der Waals surface area (Å²) in [5.41, 5.74) is 5.05. The van der Waals surface area contributed by atoms with Crippen molar-refractivity contribution < 1.29 is 88.3 Å². The molecule has 8 heteroatoms. The molecular weight excluding hydrogens is 563 g/mol. The number of carbonyl (C=O) groups is 1. The van der Waals surface area contributed by atoms with Gasteiger partial charge in [-0.05, 0) is 42.4 Å². The second kappa shape index (κ2) is 16.5. The van der Waals surface area contributed by atoms with Crippen molar-refractivity contribution >= 4 is 16.9 Å². The smallest absolute Gasteiger partial charge is 0.496 e. The molecule has 4 rings (SSSR count). The van der Waals surface area contributed by atoms with Crippen LogP contribution in [0, 0.1) is 21.3 Å². The summed E-state index contributed by atoms with van der Waals surface area (Å²) in [4.78, 5) is 13.5. The largest absolute Gasteiger partial charge is 1.00 e. The number of hydrogen-bond acceptors (Lipinski definition) is 5. The fraction of sp³-hybridized carbons (Fsp3) is 0.296. The van der Waals surface area contributed by atoms with Crippen molar-refractivity contribution in [3.05, 3.63) is 91.5 Å². The number of fused-ring (bicyclic) bond motifs is 1. The summed E-state index contributed by atoms with van der Waals surface area (Å²) < 4.78 is 10.8. The zero-order chi connectivity index (χ0) is 23.6. The first-order valence-corrected chi connectivity index (χ1v) is 11.0. The Morgan fingerprint density at radius 1 is 1.29 bits per heavy atom. The van der Waals surface area contributed by atoms with E-state index in [-0.39, 0.29) is 76.3 Å². The number of aryl methyl sites for hydroxylation is 1. The number of H-pyrrole nitrogens is 1. The summed E-state index contributed by atoms with van der Waals surface area (Å²) in [5.74, 6) is 0.0498. The van der Waals surface area contributed by atoms with E-state index in [2.05, 4.69) is 47.7 Å². The van der Waals surface area contributed by atoms with Crippen molar-refractivity contribution in [2.45, 2.75) is 25.9 Å². The van der Waals surface area contributed by atoms with Gasteiger partial charge < -0.3 is 44.5 Å². The molecule has 184 valence electrons. The van der Waals surface area contributed by atoms with Crippen LogP contribution in [0.1, 0.15) is 27.9 Å². The number of ether oxygens (including phenoxy) is 2. The summed E-state index contributed by atoms with van der Waals surface area (Å²) in [6, 6.07) is 12.9. The SMILES string of the molecule is O=C(O)c1ccccc1.[CH2-]C/C(=C\CNCc1c(OC)cc(C)c2[nH]ccc12)NC1COC1.[CH3-].[Cs+]. The van der Waals surface area contributed by atoms with Crippen LogP contribution in [0.5, 0.6) is 5.75 Å². The molecule has 3 aromatic rings. The Labute approximate surface area is 267 Å². The van der Waals surface area contributed by atoms with E-state index in [0.717, 1.165) is 38.5 Å². The van der Waals surface area contributed by atoms with Crippen LogP contribution in [0.3, 0.4) is 0 Å². The molecule has 1 aliphatic heterocycles. The van der Waals surface area contributed by atoms with Gasteiger partial charge in [0.05, 0.1) is 31.9 Å². The predicted molar refractivity (Wildman–Crippen MR) is 137 cm³/mol. The first-order chi connectivity index (χ1) is 16.0. The molecule has 1 aliphatic rings. The molecule has 0 amide bonds. The number of hydrogen-bond donors (Lipinski definition) is 4. The van der Waals surface area contributed by atoms with E-state index >= 15 is 0 Å². The Kier molecular flexibility index (Phi) is 15.0. The summed E-state index contributed by atoms with van der Waals surface area (Å²) >= 11 is 0. The Bertz CT molecular complexity index is 1080. The summed E-state index contributed by atoms with van der Waals surface area (Å²) in [7, 11) is 1.72. The Morgan fingerprint density at radius 2 is 2.00 bits per heavy atom. The number of rotatable bonds is 9. The fourth-order valence-electron chi connectivity index (χ4n) is 3.59. The average Bonchev–Trinajstić information content (AvgIpc) is 3.30. The van der Waals surface area contributed by atoms with Gasteiger partial charge in [0.25, 0.3) is 0 Å². The maximum Gasteiger partial charge on any atom is 1.00 e. The zero-order valence-electron chi connectivity index (χ0n) is 21.2. The van der Waals surface area contributed by atoms with E-state index in [9.17, 15) is 4.79 Å². The minimum atomic E-state index is -0.879. The third-order valence-corrected chi connectivity index (χ3v) is 5.44. The number of aromatic amines is 1. The normalized spacial score (nSPS) is 12.9. The molecule has 0 bridgehead atoms. The van der Waals surface area contributed by atoms with Gasteiger partial charge in [0.15, 0.2) is 0 Å². The minimum Gasteiger partial charge on any atom is -0.496 e. The van der Waals surface area contributed by atoms with E-state index in [0.29, 0.717) is 11.6 Å². The quantitative estimate of drug-likeness (QED) is 0.221. The van der Waals surface area contributed by atoms with Gasteiger partial charge in [-0.3, -0.25) is 0 Å². The molecule has 0 spiro atoms. The van der Waals surface area contributed by atoms with Crippen molar-refractivity contribution in [3.8, 4) is 5.75 Å². The monoisotopic (exact) mass is 598 g/mol. The number of nitrogens with one attached hydrogen (secondary N) is 3. The molecular formula is C27H35CsN3O4-. The van der Waals surface area contributed by atoms with Gasteiger partial charge in [0.2, 0.25) is 0 Å². The number of benzene rings is 2. The van der Waals surface area contributed by atoms with Gasteiger partial charge in [-0.1, -0.05) is 24.3 Å². The van der Waals surface area contributed by atoms with Crippen molar-refractivity contribution in [2.24, 2.45) is 0 Å². The van der Waals surface area contributed by atoms with Crippen LogP contribution in [0.4, 0.5) is 0 Å². The average molecular weight is 598 g/mol. The standard InChI is InChI=1S/C19H26N3O2.C7H6O2.CH3.Cs/c1-4-14(22-15-11-24-12-15)5-7-20-10-17-16-6-8-21-19(16)13(2)9-18(17)23-3;8-7(9)6-4-2-1-3-5-6;;/h5-6,8-9,15,20-22H,1,4,7,10-12H2,2-3H3;1-5H,(H,8,9);1H3;/q-1;;-1;+1/b14-5+;;;. The molecule has 0 unspecified atom stereocenters. The van der Waals surface area contributed by atoms with Crippen LogP contribution < -0.4 is 84.3 Å². The van der Waals surface area contributed by atoms with Crippen molar-refractivity contribution in [3.63, 3.8) is 0 Å². The topological polar surface area (TPSA) is 95.6 Å². The van der Waals surface area contributed by atoms with Crippen molar-refractivity contribution in [2.75, 3.05) is 26.9 Å². The molecule has 2 heterocycles. The first kappa shape index (κ1) is 31.8.